The molecule has 8 atom stereocenters. The fourth-order valence-corrected chi connectivity index (χ4v) is 10.7. The normalized spacial score (nSPS) is 44.9. The Kier molecular flexibility index (Phi) is 6.28. The molecule has 43 heavy (non-hydrogen) atoms. The minimum absolute atomic E-state index is 0.0487. The highest BCUT2D eigenvalue weighted by Gasteiger charge is 2.75. The van der Waals surface area contributed by atoms with Crippen LogP contribution in [0.15, 0.2) is 40.3 Å². The van der Waals surface area contributed by atoms with E-state index in [1.54, 1.807) is 6.08 Å². The quantitative estimate of drug-likeness (QED) is 0.461. The van der Waals surface area contributed by atoms with E-state index in [2.05, 4.69) is 51.2 Å². The summed E-state index contributed by atoms with van der Waals surface area (Å²) in [5.74, 6) is -0.961. The number of nitrogens with zero attached hydrogens (tertiary/aromatic N) is 2. The molecule has 0 aromatic carbocycles. The summed E-state index contributed by atoms with van der Waals surface area (Å²) in [5.41, 5.74) is -3.23. The summed E-state index contributed by atoms with van der Waals surface area (Å²) in [7, 11) is 0. The van der Waals surface area contributed by atoms with Crippen molar-refractivity contribution < 1.29 is 24.0 Å². The third kappa shape index (κ3) is 3.70. The van der Waals surface area contributed by atoms with Crippen molar-refractivity contribution in [3.8, 4) is 6.07 Å². The summed E-state index contributed by atoms with van der Waals surface area (Å²) in [6.45, 7) is 15.1. The number of hydrogen-bond donors (Lipinski definition) is 2. The number of carbonyl (C=O) groups is 3. The number of fused-ring (bicyclic) bond motifs is 7. The molecule has 1 aromatic rings. The maximum Gasteiger partial charge on any atom is 0.256 e. The molecule has 0 unspecified atom stereocenters. The van der Waals surface area contributed by atoms with Gasteiger partial charge in [-0.25, -0.2) is 0 Å². The van der Waals surface area contributed by atoms with E-state index in [-0.39, 0.29) is 45.7 Å². The van der Waals surface area contributed by atoms with Gasteiger partial charge in [-0.15, -0.1) is 0 Å². The van der Waals surface area contributed by atoms with Crippen molar-refractivity contribution in [2.45, 2.75) is 99.0 Å². The summed E-state index contributed by atoms with van der Waals surface area (Å²) < 4.78 is 4.83. The first kappa shape index (κ1) is 30.0. The Hall–Kier alpha value is -3.05. The lowest BCUT2D eigenvalue weighted by molar-refractivity contribution is -0.243. The maximum atomic E-state index is 14.6. The van der Waals surface area contributed by atoms with E-state index >= 15 is 0 Å². The molecule has 2 N–H and O–H groups in total. The van der Waals surface area contributed by atoms with Crippen molar-refractivity contribution in [1.29, 1.82) is 5.26 Å². The molecule has 5 aliphatic carbocycles. The van der Waals surface area contributed by atoms with Crippen molar-refractivity contribution in [2.75, 3.05) is 6.54 Å². The van der Waals surface area contributed by atoms with Crippen LogP contribution in [-0.2, 0) is 9.59 Å². The van der Waals surface area contributed by atoms with Crippen LogP contribution >= 0.6 is 0 Å². The van der Waals surface area contributed by atoms with Crippen LogP contribution in [0.25, 0.3) is 0 Å². The number of carbonyl (C=O) groups excluding carboxylic acids is 3. The number of nitrogens with one attached hydrogen (secondary N) is 1. The molecular weight excluding hydrogens is 542 g/mol. The van der Waals surface area contributed by atoms with Crippen molar-refractivity contribution in [2.24, 2.45) is 44.3 Å². The predicted octanol–water partition coefficient (Wildman–Crippen LogP) is 5.74. The zero-order valence-corrected chi connectivity index (χ0v) is 26.6. The second-order valence-corrected chi connectivity index (χ2v) is 16.3. The number of amides is 1. The highest BCUT2D eigenvalue weighted by atomic mass is 16.5. The van der Waals surface area contributed by atoms with Crippen LogP contribution in [-0.4, -0.2) is 39.9 Å². The van der Waals surface area contributed by atoms with Gasteiger partial charge >= 0.3 is 0 Å². The van der Waals surface area contributed by atoms with E-state index in [9.17, 15) is 24.8 Å². The van der Waals surface area contributed by atoms with Crippen LogP contribution in [0.3, 0.4) is 0 Å². The van der Waals surface area contributed by atoms with Crippen LogP contribution < -0.4 is 5.32 Å². The van der Waals surface area contributed by atoms with Gasteiger partial charge in [0, 0.05) is 28.7 Å². The summed E-state index contributed by atoms with van der Waals surface area (Å²) in [5, 5.41) is 29.6. The van der Waals surface area contributed by atoms with E-state index in [0.717, 1.165) is 44.1 Å². The first-order valence-electron chi connectivity index (χ1n) is 15.8. The predicted molar refractivity (Wildman–Crippen MR) is 159 cm³/mol. The summed E-state index contributed by atoms with van der Waals surface area (Å²) in [6, 6.07) is 2.15. The molecule has 8 heteroatoms. The van der Waals surface area contributed by atoms with Crippen molar-refractivity contribution >= 4 is 17.5 Å². The molecule has 0 bridgehead atoms. The Morgan fingerprint density at radius 2 is 1.77 bits per heavy atom. The molecule has 0 radical (unpaired) electrons. The molecule has 5 aliphatic rings. The number of allylic oxidation sites excluding steroid dienone is 3. The molecule has 1 aromatic heterocycles. The van der Waals surface area contributed by atoms with Gasteiger partial charge in [0.05, 0.1) is 17.3 Å². The van der Waals surface area contributed by atoms with Gasteiger partial charge in [-0.1, -0.05) is 59.7 Å². The summed E-state index contributed by atoms with van der Waals surface area (Å²) >= 11 is 0. The van der Waals surface area contributed by atoms with Crippen LogP contribution in [0.4, 0.5) is 0 Å². The van der Waals surface area contributed by atoms with Crippen LogP contribution in [0.2, 0.25) is 0 Å². The van der Waals surface area contributed by atoms with E-state index in [4.69, 9.17) is 4.52 Å². The van der Waals surface area contributed by atoms with Gasteiger partial charge in [0.1, 0.15) is 17.9 Å². The molecule has 1 heterocycles. The van der Waals surface area contributed by atoms with Crippen molar-refractivity contribution in [3.05, 3.63) is 41.3 Å². The van der Waals surface area contributed by atoms with Gasteiger partial charge in [0.15, 0.2) is 11.6 Å². The van der Waals surface area contributed by atoms with E-state index in [1.165, 1.54) is 12.5 Å². The smallest absolute Gasteiger partial charge is 0.256 e. The molecule has 1 amide bonds. The van der Waals surface area contributed by atoms with E-state index in [0.29, 0.717) is 18.5 Å². The molecule has 6 rings (SSSR count). The Balaban J connectivity index is 1.41. The topological polar surface area (TPSA) is 133 Å². The SMILES string of the molecule is CC1(C)C(=O)C(C#N)=C[C@]2(C)C3=CC(=O)[C@]4(O)[C@@H]5C[C@@](C)(CNC(=O)c6cnoc6)CC[C@]5(C)CC[C@@]4(C)[C@]3(C)CC[C@@H]12. The number of Topliss-reactive ketones (excluding diaryl/α,β-unsaturated/α-hetero) is 1. The van der Waals surface area contributed by atoms with Crippen molar-refractivity contribution in [1.82, 2.24) is 10.5 Å². The molecule has 3 saturated carbocycles. The Morgan fingerprint density at radius 3 is 2.42 bits per heavy atom. The van der Waals surface area contributed by atoms with Crippen LogP contribution in [0.1, 0.15) is 104 Å². The number of hydrogen-bond acceptors (Lipinski definition) is 7. The van der Waals surface area contributed by atoms with Gasteiger partial charge in [-0.05, 0) is 78.8 Å². The third-order valence-corrected chi connectivity index (χ3v) is 13.7. The fourth-order valence-electron chi connectivity index (χ4n) is 10.7. The van der Waals surface area contributed by atoms with Crippen molar-refractivity contribution in [3.63, 3.8) is 0 Å². The van der Waals surface area contributed by atoms with Gasteiger partial charge in [-0.3, -0.25) is 14.4 Å². The van der Waals surface area contributed by atoms with Crippen LogP contribution in [0.5, 0.6) is 0 Å². The van der Waals surface area contributed by atoms with E-state index < -0.39 is 27.3 Å². The number of aromatic nitrogens is 1. The largest absolute Gasteiger partial charge is 0.381 e. The molecule has 3 fully saturated rings. The molecular formula is C35H45N3O5. The van der Waals surface area contributed by atoms with Gasteiger partial charge in [-0.2, -0.15) is 5.26 Å². The summed E-state index contributed by atoms with van der Waals surface area (Å²) in [6.07, 6.45) is 11.8. The second kappa shape index (κ2) is 9.00. The molecule has 0 saturated heterocycles. The molecule has 0 aliphatic heterocycles. The lowest BCUT2D eigenvalue weighted by Crippen LogP contribution is -2.74. The first-order valence-corrected chi connectivity index (χ1v) is 15.8. The number of ketones is 2. The number of nitriles is 1. The maximum absolute atomic E-state index is 14.6. The lowest BCUT2D eigenvalue weighted by Gasteiger charge is -2.71. The fraction of sp³-hybridized carbons (Fsp3) is 0.686. The second-order valence-electron chi connectivity index (χ2n) is 16.3. The Labute approximate surface area is 254 Å². The van der Waals surface area contributed by atoms with Crippen LogP contribution in [0, 0.1) is 55.7 Å². The first-order chi connectivity index (χ1) is 19.9. The highest BCUT2D eigenvalue weighted by molar-refractivity contribution is 6.05. The molecule has 8 nitrogen and oxygen atoms in total. The number of rotatable bonds is 3. The zero-order chi connectivity index (χ0) is 31.4. The standard InChI is InChI=1S/C35H45N3O5/c1-29(2)23-8-9-33(6)24(32(23,5)15-21(17-36)27(29)40)14-26(39)35(42)25-16-30(3,20-37-28(41)22-18-38-43-19-22)10-11-31(25,4)12-13-34(33,35)7/h14-15,18-19,23,25,42H,8-13,16,20H2,1-7H3,(H,37,41)/t23-,25+,30-,31+,32-,33+,34-,35+/m0/s1. The average Bonchev–Trinajstić information content (AvgIpc) is 3.50. The minimum atomic E-state index is -1.58. The monoisotopic (exact) mass is 587 g/mol. The average molecular weight is 588 g/mol. The molecule has 0 spiro atoms. The van der Waals surface area contributed by atoms with E-state index in [1.807, 2.05) is 19.9 Å². The Morgan fingerprint density at radius 1 is 1.07 bits per heavy atom. The lowest BCUT2D eigenvalue weighted by atomic mass is 9.33. The molecule has 230 valence electrons. The zero-order valence-electron chi connectivity index (χ0n) is 26.6. The number of aliphatic hydroxyl groups is 1. The van der Waals surface area contributed by atoms with Gasteiger partial charge in [0.2, 0.25) is 0 Å². The van der Waals surface area contributed by atoms with Gasteiger partial charge in [0.25, 0.3) is 5.91 Å². The Bertz CT molecular complexity index is 1520. The summed E-state index contributed by atoms with van der Waals surface area (Å²) in [4.78, 5) is 40.6. The third-order valence-electron chi connectivity index (χ3n) is 13.7. The highest BCUT2D eigenvalue weighted by Crippen LogP contribution is 2.75. The minimum Gasteiger partial charge on any atom is -0.381 e. The van der Waals surface area contributed by atoms with Gasteiger partial charge < -0.3 is 14.9 Å².